The molecule has 2 atom stereocenters. The molecular formula is C15H22N2O3S. The molecule has 3 aliphatic rings. The molecule has 3 rings (SSSR count). The Bertz CT molecular complexity index is 463. The van der Waals surface area contributed by atoms with Gasteiger partial charge >= 0.3 is 0 Å². The number of imide groups is 1. The Kier molecular flexibility index (Phi) is 3.78. The predicted molar refractivity (Wildman–Crippen MR) is 81.5 cm³/mol. The number of fused-ring (bicyclic) bond motifs is 2. The largest absolute Gasteiger partial charge is 0.391 e. The third-order valence-electron chi connectivity index (χ3n) is 5.41. The van der Waals surface area contributed by atoms with Crippen LogP contribution in [-0.4, -0.2) is 39.4 Å². The van der Waals surface area contributed by atoms with Crippen molar-refractivity contribution in [2.75, 3.05) is 0 Å². The molecule has 0 aromatic carbocycles. The molecule has 0 radical (unpaired) electrons. The molecule has 5 nitrogen and oxygen atoms in total. The molecular weight excluding hydrogens is 288 g/mol. The van der Waals surface area contributed by atoms with E-state index < -0.39 is 17.7 Å². The van der Waals surface area contributed by atoms with E-state index in [-0.39, 0.29) is 16.8 Å². The van der Waals surface area contributed by atoms with Gasteiger partial charge in [-0.15, -0.1) is 0 Å². The molecule has 2 saturated heterocycles. The summed E-state index contributed by atoms with van der Waals surface area (Å²) in [5, 5.41) is 0. The summed E-state index contributed by atoms with van der Waals surface area (Å²) in [4.78, 5) is 26.9. The first-order chi connectivity index (χ1) is 9.99. The molecule has 6 heteroatoms. The summed E-state index contributed by atoms with van der Waals surface area (Å²) in [5.74, 6) is 0.156. The lowest BCUT2D eigenvalue weighted by molar-refractivity contribution is -0.175. The molecule has 1 saturated carbocycles. The highest BCUT2D eigenvalue weighted by Crippen LogP contribution is 2.42. The number of ether oxygens (including phenoxy) is 1. The van der Waals surface area contributed by atoms with Crippen LogP contribution in [0.1, 0.15) is 51.9 Å². The SMILES string of the molecule is CCC1CCC(C(N)=S)(N2C(=O)C3CCC(O3)C2=O)CC1. The molecule has 0 spiro atoms. The summed E-state index contributed by atoms with van der Waals surface area (Å²) in [6.07, 6.45) is 4.69. The fourth-order valence-corrected chi connectivity index (χ4v) is 4.26. The number of amides is 2. The molecule has 1 aliphatic carbocycles. The number of hydrogen-bond acceptors (Lipinski definition) is 4. The van der Waals surface area contributed by atoms with Gasteiger partial charge in [0.2, 0.25) is 0 Å². The lowest BCUT2D eigenvalue weighted by Gasteiger charge is -2.48. The van der Waals surface area contributed by atoms with Crippen molar-refractivity contribution in [3.63, 3.8) is 0 Å². The first-order valence-electron chi connectivity index (χ1n) is 7.83. The fourth-order valence-electron chi connectivity index (χ4n) is 3.96. The van der Waals surface area contributed by atoms with Gasteiger partial charge in [-0.1, -0.05) is 25.6 Å². The second-order valence-electron chi connectivity index (χ2n) is 6.45. The molecule has 3 fully saturated rings. The van der Waals surface area contributed by atoms with Gasteiger partial charge in [0, 0.05) is 0 Å². The summed E-state index contributed by atoms with van der Waals surface area (Å²) in [6, 6.07) is 0. The Morgan fingerprint density at radius 3 is 2.19 bits per heavy atom. The van der Waals surface area contributed by atoms with Gasteiger partial charge in [-0.3, -0.25) is 14.5 Å². The minimum Gasteiger partial charge on any atom is -0.391 e. The van der Waals surface area contributed by atoms with Crippen molar-refractivity contribution in [1.82, 2.24) is 4.90 Å². The van der Waals surface area contributed by atoms with E-state index in [1.165, 1.54) is 4.90 Å². The van der Waals surface area contributed by atoms with Crippen LogP contribution in [0.25, 0.3) is 0 Å². The number of morpholine rings is 1. The van der Waals surface area contributed by atoms with Crippen LogP contribution >= 0.6 is 12.2 Å². The van der Waals surface area contributed by atoms with Crippen LogP contribution in [0.4, 0.5) is 0 Å². The van der Waals surface area contributed by atoms with Crippen molar-refractivity contribution in [1.29, 1.82) is 0 Å². The molecule has 2 amide bonds. The van der Waals surface area contributed by atoms with Gasteiger partial charge in [0.25, 0.3) is 11.8 Å². The van der Waals surface area contributed by atoms with Crippen LogP contribution in [0.3, 0.4) is 0 Å². The molecule has 2 unspecified atom stereocenters. The zero-order chi connectivity index (χ0) is 15.2. The maximum atomic E-state index is 12.6. The standard InChI is InChI=1S/C15H22N2O3S/c1-2-9-5-7-15(8-6-9,14(16)21)17-12(18)10-3-4-11(20-10)13(17)19/h9-11H,2-8H2,1H3,(H2,16,21). The van der Waals surface area contributed by atoms with E-state index in [1.807, 2.05) is 0 Å². The van der Waals surface area contributed by atoms with Crippen molar-refractivity contribution in [2.45, 2.75) is 69.6 Å². The van der Waals surface area contributed by atoms with Crippen LogP contribution < -0.4 is 5.73 Å². The van der Waals surface area contributed by atoms with Crippen molar-refractivity contribution in [3.8, 4) is 0 Å². The summed E-state index contributed by atoms with van der Waals surface area (Å²) in [5.41, 5.74) is 5.24. The zero-order valence-corrected chi connectivity index (χ0v) is 13.2. The van der Waals surface area contributed by atoms with Gasteiger partial charge in [0.1, 0.15) is 17.7 Å². The highest BCUT2D eigenvalue weighted by molar-refractivity contribution is 7.80. The third kappa shape index (κ3) is 2.19. The van der Waals surface area contributed by atoms with E-state index in [1.54, 1.807) is 0 Å². The van der Waals surface area contributed by atoms with E-state index >= 15 is 0 Å². The van der Waals surface area contributed by atoms with Crippen LogP contribution in [-0.2, 0) is 14.3 Å². The Labute approximate surface area is 130 Å². The highest BCUT2D eigenvalue weighted by atomic mass is 32.1. The average Bonchev–Trinajstić information content (AvgIpc) is 2.93. The Morgan fingerprint density at radius 1 is 1.24 bits per heavy atom. The third-order valence-corrected chi connectivity index (χ3v) is 5.79. The summed E-state index contributed by atoms with van der Waals surface area (Å²) in [7, 11) is 0. The van der Waals surface area contributed by atoms with E-state index in [0.29, 0.717) is 31.6 Å². The van der Waals surface area contributed by atoms with Crippen molar-refractivity contribution >= 4 is 29.0 Å². The molecule has 2 N–H and O–H groups in total. The second kappa shape index (κ2) is 5.32. The van der Waals surface area contributed by atoms with Gasteiger partial charge in [0.15, 0.2) is 0 Å². The van der Waals surface area contributed by atoms with Crippen molar-refractivity contribution in [3.05, 3.63) is 0 Å². The number of likely N-dealkylation sites (tertiary alicyclic amines) is 1. The smallest absolute Gasteiger partial charge is 0.259 e. The van der Waals surface area contributed by atoms with E-state index in [4.69, 9.17) is 22.7 Å². The first-order valence-corrected chi connectivity index (χ1v) is 8.23. The minimum absolute atomic E-state index is 0.239. The van der Waals surface area contributed by atoms with E-state index in [9.17, 15) is 9.59 Å². The molecule has 116 valence electrons. The van der Waals surface area contributed by atoms with Crippen molar-refractivity contribution < 1.29 is 14.3 Å². The molecule has 21 heavy (non-hydrogen) atoms. The molecule has 2 bridgehead atoms. The van der Waals surface area contributed by atoms with Crippen molar-refractivity contribution in [2.24, 2.45) is 11.7 Å². The normalized spacial score (nSPS) is 39.7. The number of carbonyl (C=O) groups is 2. The number of nitrogens with zero attached hydrogens (tertiary/aromatic N) is 1. The van der Waals surface area contributed by atoms with Gasteiger partial charge in [-0.2, -0.15) is 0 Å². The quantitative estimate of drug-likeness (QED) is 0.632. The van der Waals surface area contributed by atoms with Gasteiger partial charge in [-0.05, 0) is 44.4 Å². The maximum absolute atomic E-state index is 12.6. The van der Waals surface area contributed by atoms with Crippen LogP contribution in [0, 0.1) is 5.92 Å². The van der Waals surface area contributed by atoms with Crippen LogP contribution in [0.15, 0.2) is 0 Å². The fraction of sp³-hybridized carbons (Fsp3) is 0.800. The van der Waals surface area contributed by atoms with Crippen LogP contribution in [0.5, 0.6) is 0 Å². The Balaban J connectivity index is 1.92. The number of hydrogen-bond donors (Lipinski definition) is 1. The van der Waals surface area contributed by atoms with Gasteiger partial charge in [0.05, 0.1) is 4.99 Å². The second-order valence-corrected chi connectivity index (χ2v) is 6.89. The monoisotopic (exact) mass is 310 g/mol. The highest BCUT2D eigenvalue weighted by Gasteiger charge is 2.56. The maximum Gasteiger partial charge on any atom is 0.259 e. The zero-order valence-electron chi connectivity index (χ0n) is 12.3. The topological polar surface area (TPSA) is 72.6 Å². The lowest BCUT2D eigenvalue weighted by Crippen LogP contribution is -2.67. The number of thiocarbonyl (C=S) groups is 1. The minimum atomic E-state index is -0.764. The van der Waals surface area contributed by atoms with E-state index in [0.717, 1.165) is 19.3 Å². The first kappa shape index (κ1) is 14.9. The van der Waals surface area contributed by atoms with Gasteiger partial charge < -0.3 is 10.5 Å². The number of rotatable bonds is 3. The summed E-state index contributed by atoms with van der Waals surface area (Å²) in [6.45, 7) is 2.17. The summed E-state index contributed by atoms with van der Waals surface area (Å²) < 4.78 is 5.49. The number of nitrogens with two attached hydrogens (primary N) is 1. The molecule has 0 aromatic rings. The number of carbonyl (C=O) groups excluding carboxylic acids is 2. The summed E-state index contributed by atoms with van der Waals surface area (Å²) >= 11 is 5.28. The average molecular weight is 310 g/mol. The van der Waals surface area contributed by atoms with Crippen LogP contribution in [0.2, 0.25) is 0 Å². The molecule has 2 heterocycles. The predicted octanol–water partition coefficient (Wildman–Crippen LogP) is 1.53. The molecule has 0 aromatic heterocycles. The van der Waals surface area contributed by atoms with E-state index in [2.05, 4.69) is 6.92 Å². The Morgan fingerprint density at radius 2 is 1.76 bits per heavy atom. The lowest BCUT2D eigenvalue weighted by atomic mass is 9.74. The van der Waals surface area contributed by atoms with Gasteiger partial charge in [-0.25, -0.2) is 0 Å². The molecule has 2 aliphatic heterocycles. The Hall–Kier alpha value is -1.01.